The van der Waals surface area contributed by atoms with Gasteiger partial charge in [0.05, 0.1) is 11.9 Å². The van der Waals surface area contributed by atoms with Crippen LogP contribution in [0.1, 0.15) is 30.3 Å². The van der Waals surface area contributed by atoms with Crippen LogP contribution in [0.4, 0.5) is 0 Å². The third-order valence-electron chi connectivity index (χ3n) is 3.66. The summed E-state index contributed by atoms with van der Waals surface area (Å²) in [5.74, 6) is 1.02. The highest BCUT2D eigenvalue weighted by molar-refractivity contribution is 5.03. The molecule has 0 aliphatic carbocycles. The molecule has 2 aromatic heterocycles. The Bertz CT molecular complexity index is 589. The molecule has 21 heavy (non-hydrogen) atoms. The third kappa shape index (κ3) is 2.80. The maximum atomic E-state index is 5.63. The highest BCUT2D eigenvalue weighted by Gasteiger charge is 2.39. The molecule has 0 unspecified atom stereocenters. The Kier molecular flexibility index (Phi) is 3.95. The second-order valence-electron chi connectivity index (χ2n) is 4.93. The topological polar surface area (TPSA) is 114 Å². The predicted molar refractivity (Wildman–Crippen MR) is 70.1 cm³/mol. The first-order valence-electron chi connectivity index (χ1n) is 6.81. The first kappa shape index (κ1) is 14.1. The summed E-state index contributed by atoms with van der Waals surface area (Å²) in [5, 5.41) is 11.9. The van der Waals surface area contributed by atoms with Gasteiger partial charge in [-0.3, -0.25) is 0 Å². The fourth-order valence-corrected chi connectivity index (χ4v) is 2.37. The van der Waals surface area contributed by atoms with Crippen LogP contribution < -0.4 is 5.73 Å². The van der Waals surface area contributed by atoms with Gasteiger partial charge in [-0.2, -0.15) is 4.98 Å². The van der Waals surface area contributed by atoms with E-state index in [9.17, 15) is 0 Å². The van der Waals surface area contributed by atoms with Crippen LogP contribution in [-0.2, 0) is 28.2 Å². The Morgan fingerprint density at radius 2 is 2.24 bits per heavy atom. The fraction of sp³-hybridized carbons (Fsp3) is 0.667. The number of nitrogens with two attached hydrogens (primary N) is 1. The summed E-state index contributed by atoms with van der Waals surface area (Å²) in [7, 11) is 1.66. The minimum atomic E-state index is -0.523. The van der Waals surface area contributed by atoms with Gasteiger partial charge in [0.1, 0.15) is 12.1 Å². The molecule has 0 saturated carbocycles. The second kappa shape index (κ2) is 5.88. The lowest BCUT2D eigenvalue weighted by Crippen LogP contribution is -2.36. The van der Waals surface area contributed by atoms with Crippen LogP contribution in [-0.4, -0.2) is 45.5 Å². The Balaban J connectivity index is 1.76. The molecular weight excluding hydrogens is 276 g/mol. The molecule has 1 saturated heterocycles. The molecule has 3 rings (SSSR count). The minimum Gasteiger partial charge on any atom is -0.381 e. The van der Waals surface area contributed by atoms with Crippen LogP contribution in [0.5, 0.6) is 0 Å². The zero-order chi connectivity index (χ0) is 14.7. The molecule has 9 nitrogen and oxygen atoms in total. The van der Waals surface area contributed by atoms with Crippen LogP contribution in [0.2, 0.25) is 0 Å². The largest absolute Gasteiger partial charge is 0.381 e. The van der Waals surface area contributed by atoms with Gasteiger partial charge in [0, 0.05) is 39.7 Å². The van der Waals surface area contributed by atoms with Crippen molar-refractivity contribution in [2.45, 2.75) is 31.5 Å². The van der Waals surface area contributed by atoms with Gasteiger partial charge in [-0.1, -0.05) is 10.4 Å². The van der Waals surface area contributed by atoms with Gasteiger partial charge in [-0.25, -0.2) is 4.68 Å². The van der Waals surface area contributed by atoms with Crippen molar-refractivity contribution in [3.8, 4) is 0 Å². The number of hydrogen-bond donors (Lipinski definition) is 1. The van der Waals surface area contributed by atoms with Gasteiger partial charge in [0.25, 0.3) is 0 Å². The maximum absolute atomic E-state index is 5.63. The summed E-state index contributed by atoms with van der Waals surface area (Å²) in [4.78, 5) is 4.43. The van der Waals surface area contributed by atoms with Gasteiger partial charge in [-0.05, 0) is 0 Å². The van der Waals surface area contributed by atoms with Crippen molar-refractivity contribution >= 4 is 0 Å². The van der Waals surface area contributed by atoms with Crippen molar-refractivity contribution in [2.24, 2.45) is 5.73 Å². The number of ether oxygens (including phenoxy) is 2. The van der Waals surface area contributed by atoms with E-state index >= 15 is 0 Å². The summed E-state index contributed by atoms with van der Waals surface area (Å²) in [6.45, 7) is 1.96. The average Bonchev–Trinajstić information content (AvgIpc) is 3.18. The lowest BCUT2D eigenvalue weighted by molar-refractivity contribution is -0.101. The van der Waals surface area contributed by atoms with E-state index in [1.54, 1.807) is 18.0 Å². The molecule has 0 bridgehead atoms. The van der Waals surface area contributed by atoms with E-state index in [0.717, 1.165) is 0 Å². The smallest absolute Gasteiger partial charge is 0.248 e. The Labute approximate surface area is 121 Å². The van der Waals surface area contributed by atoms with E-state index in [-0.39, 0.29) is 0 Å². The van der Waals surface area contributed by atoms with E-state index in [2.05, 4.69) is 20.5 Å². The number of rotatable bonds is 5. The molecule has 1 fully saturated rings. The minimum absolute atomic E-state index is 0.349. The van der Waals surface area contributed by atoms with E-state index in [1.165, 1.54) is 0 Å². The molecule has 0 amide bonds. The van der Waals surface area contributed by atoms with E-state index in [0.29, 0.717) is 56.6 Å². The third-order valence-corrected chi connectivity index (χ3v) is 3.66. The molecule has 0 radical (unpaired) electrons. The quantitative estimate of drug-likeness (QED) is 0.807. The lowest BCUT2D eigenvalue weighted by Gasteiger charge is -2.32. The zero-order valence-electron chi connectivity index (χ0n) is 11.9. The van der Waals surface area contributed by atoms with E-state index < -0.39 is 5.60 Å². The average molecular weight is 294 g/mol. The monoisotopic (exact) mass is 294 g/mol. The molecule has 2 N–H and O–H groups in total. The number of aromatic nitrogens is 5. The predicted octanol–water partition coefficient (Wildman–Crippen LogP) is -0.180. The van der Waals surface area contributed by atoms with Crippen LogP contribution >= 0.6 is 0 Å². The van der Waals surface area contributed by atoms with Gasteiger partial charge in [0.15, 0.2) is 0 Å². The van der Waals surface area contributed by atoms with Gasteiger partial charge >= 0.3 is 0 Å². The van der Waals surface area contributed by atoms with Crippen molar-refractivity contribution in [3.05, 3.63) is 23.6 Å². The first-order valence-corrected chi connectivity index (χ1v) is 6.81. The van der Waals surface area contributed by atoms with Crippen molar-refractivity contribution in [3.63, 3.8) is 0 Å². The SMILES string of the molecule is COC1(c2noc(Cn3cc(CN)nn3)n2)CCOCC1. The summed E-state index contributed by atoms with van der Waals surface area (Å²) in [6, 6.07) is 0. The standard InChI is InChI=1S/C12H18N6O3/c1-19-12(2-4-20-5-3-12)11-14-10(21-16-11)8-18-7-9(6-13)15-17-18/h7H,2-6,8,13H2,1H3. The molecule has 0 spiro atoms. The summed E-state index contributed by atoms with van der Waals surface area (Å²) >= 11 is 0. The van der Waals surface area contributed by atoms with E-state index in [1.807, 2.05) is 0 Å². The Hall–Kier alpha value is -1.84. The molecule has 0 atom stereocenters. The second-order valence-corrected chi connectivity index (χ2v) is 4.93. The van der Waals surface area contributed by atoms with Crippen LogP contribution in [0.3, 0.4) is 0 Å². The first-order chi connectivity index (χ1) is 10.3. The van der Waals surface area contributed by atoms with Crippen LogP contribution in [0.25, 0.3) is 0 Å². The number of hydrogen-bond acceptors (Lipinski definition) is 8. The molecule has 3 heterocycles. The van der Waals surface area contributed by atoms with Crippen molar-refractivity contribution in [2.75, 3.05) is 20.3 Å². The number of nitrogens with zero attached hydrogens (tertiary/aromatic N) is 5. The van der Waals surface area contributed by atoms with Crippen LogP contribution in [0, 0.1) is 0 Å². The summed E-state index contributed by atoms with van der Waals surface area (Å²) in [6.07, 6.45) is 3.18. The molecular formula is C12H18N6O3. The molecule has 1 aliphatic heterocycles. The van der Waals surface area contributed by atoms with Crippen molar-refractivity contribution < 1.29 is 14.0 Å². The normalized spacial score (nSPS) is 18.0. The fourth-order valence-electron chi connectivity index (χ4n) is 2.37. The lowest BCUT2D eigenvalue weighted by atomic mass is 9.93. The number of methoxy groups -OCH3 is 1. The van der Waals surface area contributed by atoms with Gasteiger partial charge in [-0.15, -0.1) is 5.10 Å². The van der Waals surface area contributed by atoms with Gasteiger partial charge in [0.2, 0.25) is 11.7 Å². The maximum Gasteiger partial charge on any atom is 0.248 e. The molecule has 9 heteroatoms. The molecule has 2 aromatic rings. The Morgan fingerprint density at radius 1 is 1.43 bits per heavy atom. The molecule has 1 aliphatic rings. The highest BCUT2D eigenvalue weighted by atomic mass is 16.5. The van der Waals surface area contributed by atoms with Gasteiger partial charge < -0.3 is 19.7 Å². The Morgan fingerprint density at radius 3 is 2.90 bits per heavy atom. The van der Waals surface area contributed by atoms with Crippen molar-refractivity contribution in [1.82, 2.24) is 25.1 Å². The summed E-state index contributed by atoms with van der Waals surface area (Å²) in [5.41, 5.74) is 5.69. The summed E-state index contributed by atoms with van der Waals surface area (Å²) < 4.78 is 17.9. The molecule has 0 aromatic carbocycles. The van der Waals surface area contributed by atoms with Crippen LogP contribution in [0.15, 0.2) is 10.7 Å². The molecule has 114 valence electrons. The highest BCUT2D eigenvalue weighted by Crippen LogP contribution is 2.33. The zero-order valence-corrected chi connectivity index (χ0v) is 11.9. The van der Waals surface area contributed by atoms with Crippen molar-refractivity contribution in [1.29, 1.82) is 0 Å². The van der Waals surface area contributed by atoms with E-state index in [4.69, 9.17) is 19.7 Å².